The van der Waals surface area contributed by atoms with Crippen molar-refractivity contribution in [3.8, 4) is 5.75 Å². The normalized spacial score (nSPS) is 15.2. The molecule has 0 aliphatic carbocycles. The van der Waals surface area contributed by atoms with Gasteiger partial charge in [-0.1, -0.05) is 15.9 Å². The lowest BCUT2D eigenvalue weighted by molar-refractivity contribution is -0.0169. The minimum absolute atomic E-state index is 0.371. The molecule has 2 nitrogen and oxygen atoms in total. The third-order valence-corrected chi connectivity index (χ3v) is 2.32. The number of hydrogen-bond donors (Lipinski definition) is 0. The van der Waals surface area contributed by atoms with E-state index in [2.05, 4.69) is 15.9 Å². The van der Waals surface area contributed by atoms with Gasteiger partial charge in [0.25, 0.3) is 0 Å². The van der Waals surface area contributed by atoms with Crippen molar-refractivity contribution in [2.24, 2.45) is 0 Å². The molecule has 1 heterocycles. The van der Waals surface area contributed by atoms with Crippen LogP contribution in [0.3, 0.4) is 0 Å². The number of aryl methyl sites for hydroxylation is 1. The number of ether oxygens (including phenoxy) is 2. The highest BCUT2D eigenvalue weighted by molar-refractivity contribution is 9.10. The van der Waals surface area contributed by atoms with Gasteiger partial charge in [0.2, 0.25) is 0 Å². The van der Waals surface area contributed by atoms with Gasteiger partial charge in [-0.15, -0.1) is 0 Å². The fourth-order valence-corrected chi connectivity index (χ4v) is 1.98. The van der Waals surface area contributed by atoms with Crippen molar-refractivity contribution in [1.82, 2.24) is 0 Å². The Labute approximate surface area is 79.6 Å². The van der Waals surface area contributed by atoms with E-state index in [-0.39, 0.29) is 0 Å². The largest absolute Gasteiger partial charge is 0.467 e. The monoisotopic (exact) mass is 228 g/mol. The first-order chi connectivity index (χ1) is 5.77. The molecule has 3 heteroatoms. The molecule has 1 aliphatic heterocycles. The van der Waals surface area contributed by atoms with Crippen molar-refractivity contribution in [2.45, 2.75) is 13.5 Å². The summed E-state index contributed by atoms with van der Waals surface area (Å²) in [5.41, 5.74) is 2.27. The first kappa shape index (κ1) is 8.08. The minimum Gasteiger partial charge on any atom is -0.467 e. The van der Waals surface area contributed by atoms with Crippen molar-refractivity contribution in [2.75, 3.05) is 6.79 Å². The first-order valence-electron chi connectivity index (χ1n) is 3.77. The smallest absolute Gasteiger partial charge is 0.189 e. The van der Waals surface area contributed by atoms with E-state index < -0.39 is 0 Å². The zero-order valence-electron chi connectivity index (χ0n) is 6.76. The van der Waals surface area contributed by atoms with Gasteiger partial charge in [-0.05, 0) is 24.6 Å². The average molecular weight is 229 g/mol. The Hall–Kier alpha value is -0.540. The summed E-state index contributed by atoms with van der Waals surface area (Å²) in [6.07, 6.45) is 0. The Bertz CT molecular complexity index is 310. The molecule has 2 rings (SSSR count). The molecule has 0 unspecified atom stereocenters. The van der Waals surface area contributed by atoms with Crippen molar-refractivity contribution in [3.05, 3.63) is 27.7 Å². The second-order valence-electron chi connectivity index (χ2n) is 2.82. The molecule has 0 bridgehead atoms. The van der Waals surface area contributed by atoms with Crippen molar-refractivity contribution >= 4 is 15.9 Å². The molecule has 0 saturated carbocycles. The second-order valence-corrected chi connectivity index (χ2v) is 3.74. The topological polar surface area (TPSA) is 18.5 Å². The van der Waals surface area contributed by atoms with E-state index in [1.165, 1.54) is 0 Å². The highest BCUT2D eigenvalue weighted by Crippen LogP contribution is 2.30. The van der Waals surface area contributed by atoms with Crippen LogP contribution in [0.2, 0.25) is 0 Å². The highest BCUT2D eigenvalue weighted by atomic mass is 79.9. The predicted molar refractivity (Wildman–Crippen MR) is 49.2 cm³/mol. The van der Waals surface area contributed by atoms with Gasteiger partial charge in [-0.3, -0.25) is 0 Å². The number of halogens is 1. The zero-order valence-corrected chi connectivity index (χ0v) is 8.35. The van der Waals surface area contributed by atoms with Crippen LogP contribution >= 0.6 is 15.9 Å². The van der Waals surface area contributed by atoms with Crippen LogP contribution in [-0.4, -0.2) is 6.79 Å². The van der Waals surface area contributed by atoms with Crippen molar-refractivity contribution < 1.29 is 9.47 Å². The summed E-state index contributed by atoms with van der Waals surface area (Å²) in [5.74, 6) is 0.976. The number of fused-ring (bicyclic) bond motifs is 1. The molecular formula is C9H9BrO2. The van der Waals surface area contributed by atoms with E-state index in [0.29, 0.717) is 13.4 Å². The standard InChI is InChI=1S/C9H9BrO2/c1-6-2-8(10)3-7-4-11-5-12-9(6)7/h2-3H,4-5H2,1H3. The lowest BCUT2D eigenvalue weighted by atomic mass is 10.1. The SMILES string of the molecule is Cc1cc(Br)cc2c1OCOC2. The van der Waals surface area contributed by atoms with Crippen molar-refractivity contribution in [1.29, 1.82) is 0 Å². The molecule has 0 atom stereocenters. The fraction of sp³-hybridized carbons (Fsp3) is 0.333. The van der Waals surface area contributed by atoms with Crippen LogP contribution in [0.4, 0.5) is 0 Å². The van der Waals surface area contributed by atoms with E-state index in [1.807, 2.05) is 19.1 Å². The maximum absolute atomic E-state index is 5.37. The zero-order chi connectivity index (χ0) is 8.55. The van der Waals surface area contributed by atoms with Gasteiger partial charge in [0.15, 0.2) is 6.79 Å². The number of rotatable bonds is 0. The van der Waals surface area contributed by atoms with Crippen LogP contribution in [-0.2, 0) is 11.3 Å². The summed E-state index contributed by atoms with van der Waals surface area (Å²) in [7, 11) is 0. The van der Waals surface area contributed by atoms with Gasteiger partial charge in [-0.2, -0.15) is 0 Å². The quantitative estimate of drug-likeness (QED) is 0.680. The summed E-state index contributed by atoms with van der Waals surface area (Å²) in [6.45, 7) is 3.06. The molecule has 0 N–H and O–H groups in total. The summed E-state index contributed by atoms with van der Waals surface area (Å²) in [4.78, 5) is 0. The molecule has 1 aromatic carbocycles. The maximum atomic E-state index is 5.37. The molecule has 64 valence electrons. The molecule has 0 amide bonds. The Balaban J connectivity index is 2.53. The van der Waals surface area contributed by atoms with Crippen LogP contribution < -0.4 is 4.74 Å². The van der Waals surface area contributed by atoms with Gasteiger partial charge in [0.05, 0.1) is 6.61 Å². The Morgan fingerprint density at radius 1 is 1.42 bits per heavy atom. The maximum Gasteiger partial charge on any atom is 0.189 e. The van der Waals surface area contributed by atoms with E-state index in [0.717, 1.165) is 21.3 Å². The van der Waals surface area contributed by atoms with E-state index in [9.17, 15) is 0 Å². The Morgan fingerprint density at radius 2 is 2.25 bits per heavy atom. The van der Waals surface area contributed by atoms with Crippen LogP contribution in [0.5, 0.6) is 5.75 Å². The highest BCUT2D eigenvalue weighted by Gasteiger charge is 2.13. The lowest BCUT2D eigenvalue weighted by Crippen LogP contribution is -2.12. The van der Waals surface area contributed by atoms with Crippen LogP contribution in [0, 0.1) is 6.92 Å². The van der Waals surface area contributed by atoms with Crippen LogP contribution in [0.15, 0.2) is 16.6 Å². The summed E-state index contributed by atoms with van der Waals surface area (Å²) >= 11 is 3.43. The molecule has 1 aromatic rings. The molecule has 0 aromatic heterocycles. The third kappa shape index (κ3) is 1.34. The molecule has 0 fully saturated rings. The molecule has 1 aliphatic rings. The molecule has 0 saturated heterocycles. The van der Waals surface area contributed by atoms with Gasteiger partial charge < -0.3 is 9.47 Å². The molecule has 12 heavy (non-hydrogen) atoms. The number of benzene rings is 1. The summed E-state index contributed by atoms with van der Waals surface area (Å²) in [6, 6.07) is 4.08. The van der Waals surface area contributed by atoms with Gasteiger partial charge in [0.1, 0.15) is 5.75 Å². The molecule has 0 radical (unpaired) electrons. The number of hydrogen-bond acceptors (Lipinski definition) is 2. The fourth-order valence-electron chi connectivity index (χ4n) is 1.37. The average Bonchev–Trinajstić information content (AvgIpc) is 2.04. The Kier molecular flexibility index (Phi) is 2.07. The first-order valence-corrected chi connectivity index (χ1v) is 4.56. The molecular weight excluding hydrogens is 220 g/mol. The van der Waals surface area contributed by atoms with Crippen LogP contribution in [0.1, 0.15) is 11.1 Å². The second kappa shape index (κ2) is 3.07. The third-order valence-electron chi connectivity index (χ3n) is 1.86. The van der Waals surface area contributed by atoms with Gasteiger partial charge in [0, 0.05) is 10.0 Å². The van der Waals surface area contributed by atoms with E-state index in [4.69, 9.17) is 9.47 Å². The van der Waals surface area contributed by atoms with Crippen molar-refractivity contribution in [3.63, 3.8) is 0 Å². The summed E-state index contributed by atoms with van der Waals surface area (Å²) < 4.78 is 11.6. The predicted octanol–water partition coefficient (Wildman–Crippen LogP) is 2.62. The van der Waals surface area contributed by atoms with Gasteiger partial charge >= 0.3 is 0 Å². The van der Waals surface area contributed by atoms with Crippen LogP contribution in [0.25, 0.3) is 0 Å². The van der Waals surface area contributed by atoms with E-state index in [1.54, 1.807) is 0 Å². The van der Waals surface area contributed by atoms with Gasteiger partial charge in [-0.25, -0.2) is 0 Å². The molecule has 0 spiro atoms. The van der Waals surface area contributed by atoms with E-state index >= 15 is 0 Å². The lowest BCUT2D eigenvalue weighted by Gasteiger charge is -2.19. The Morgan fingerprint density at radius 3 is 3.08 bits per heavy atom. The summed E-state index contributed by atoms with van der Waals surface area (Å²) in [5, 5.41) is 0. The minimum atomic E-state index is 0.371.